The second-order valence-electron chi connectivity index (χ2n) is 4.13. The number of rotatable bonds is 1. The highest BCUT2D eigenvalue weighted by Crippen LogP contribution is 2.31. The van der Waals surface area contributed by atoms with Crippen molar-refractivity contribution in [2.24, 2.45) is 10.9 Å². The molecule has 1 aromatic carbocycles. The van der Waals surface area contributed by atoms with Crippen LogP contribution in [0.25, 0.3) is 0 Å². The molecule has 3 nitrogen and oxygen atoms in total. The number of fused-ring (bicyclic) bond motifs is 1. The van der Waals surface area contributed by atoms with E-state index in [0.717, 1.165) is 11.4 Å². The minimum atomic E-state index is -0.141. The lowest BCUT2D eigenvalue weighted by Gasteiger charge is -2.15. The molecule has 16 heavy (non-hydrogen) atoms. The minimum Gasteiger partial charge on any atom is -0.313 e. The number of amides is 1. The highest BCUT2D eigenvalue weighted by molar-refractivity contribution is 6.20. The fourth-order valence-electron chi connectivity index (χ4n) is 1.58. The van der Waals surface area contributed by atoms with Gasteiger partial charge in [0.1, 0.15) is 6.42 Å². The molecule has 0 fully saturated rings. The first-order valence-electron chi connectivity index (χ1n) is 5.32. The molecule has 0 unspecified atom stereocenters. The van der Waals surface area contributed by atoms with Crippen LogP contribution in [0.15, 0.2) is 29.3 Å². The Bertz CT molecular complexity index is 449. The van der Waals surface area contributed by atoms with Crippen molar-refractivity contribution < 1.29 is 4.79 Å². The minimum absolute atomic E-state index is 0.141. The van der Waals surface area contributed by atoms with Gasteiger partial charge in [-0.15, -0.1) is 0 Å². The van der Waals surface area contributed by atoms with Crippen molar-refractivity contribution in [3.8, 4) is 0 Å². The standard InChI is InChI=1S/C13H14N2O/c1-9(2)11-8-13(16)15(3)12-7-5-4-6-10(12)14-11/h4-7,9H,1-3H3. The molecular formula is C13H14N2O. The number of carbonyl (C=O) groups is 1. The van der Waals surface area contributed by atoms with Crippen molar-refractivity contribution >= 4 is 23.0 Å². The number of para-hydroxylation sites is 2. The molecule has 0 N–H and O–H groups in total. The fraction of sp³-hybridized carbons (Fsp3) is 0.308. The number of anilines is 1. The average molecular weight is 214 g/mol. The quantitative estimate of drug-likeness (QED) is 0.706. The summed E-state index contributed by atoms with van der Waals surface area (Å²) >= 11 is 0. The van der Waals surface area contributed by atoms with Crippen LogP contribution in [0.3, 0.4) is 0 Å². The van der Waals surface area contributed by atoms with Crippen LogP contribution in [0.1, 0.15) is 13.8 Å². The summed E-state index contributed by atoms with van der Waals surface area (Å²) in [5.74, 6) is 0.0564. The van der Waals surface area contributed by atoms with Gasteiger partial charge in [-0.2, -0.15) is 0 Å². The van der Waals surface area contributed by atoms with E-state index in [0.29, 0.717) is 5.71 Å². The van der Waals surface area contributed by atoms with Gasteiger partial charge in [-0.3, -0.25) is 9.79 Å². The predicted molar refractivity (Wildman–Crippen MR) is 65.0 cm³/mol. The molecule has 82 valence electrons. The first-order chi connectivity index (χ1) is 7.59. The van der Waals surface area contributed by atoms with Gasteiger partial charge in [0.15, 0.2) is 0 Å². The molecule has 0 spiro atoms. The van der Waals surface area contributed by atoms with Crippen LogP contribution < -0.4 is 4.90 Å². The first-order valence-corrected chi connectivity index (χ1v) is 5.32. The summed E-state index contributed by atoms with van der Waals surface area (Å²) in [5.41, 5.74) is 2.37. The Balaban J connectivity index is 2.54. The molecule has 1 amide bonds. The maximum Gasteiger partial charge on any atom is 0.241 e. The van der Waals surface area contributed by atoms with E-state index in [-0.39, 0.29) is 11.8 Å². The van der Waals surface area contributed by atoms with Gasteiger partial charge in [0, 0.05) is 12.8 Å². The van der Waals surface area contributed by atoms with Crippen molar-refractivity contribution in [1.82, 2.24) is 0 Å². The van der Waals surface area contributed by atoms with Crippen molar-refractivity contribution in [3.63, 3.8) is 0 Å². The molecule has 1 aliphatic rings. The van der Waals surface area contributed by atoms with Gasteiger partial charge in [-0.05, 0) is 18.1 Å². The van der Waals surface area contributed by atoms with E-state index < -0.39 is 0 Å². The van der Waals surface area contributed by atoms with Crippen LogP contribution >= 0.6 is 0 Å². The van der Waals surface area contributed by atoms with Gasteiger partial charge in [0.2, 0.25) is 5.91 Å². The van der Waals surface area contributed by atoms with E-state index in [1.165, 1.54) is 0 Å². The van der Waals surface area contributed by atoms with Crippen molar-refractivity contribution in [3.05, 3.63) is 30.7 Å². The van der Waals surface area contributed by atoms with Crippen LogP contribution in [-0.4, -0.2) is 18.7 Å². The molecule has 1 heterocycles. The van der Waals surface area contributed by atoms with Crippen molar-refractivity contribution in [1.29, 1.82) is 0 Å². The molecule has 0 bridgehead atoms. The summed E-state index contributed by atoms with van der Waals surface area (Å²) in [6.07, 6.45) is 2.81. The van der Waals surface area contributed by atoms with E-state index in [9.17, 15) is 4.79 Å². The first kappa shape index (κ1) is 10.9. The molecule has 0 saturated carbocycles. The molecule has 2 rings (SSSR count). The third kappa shape index (κ3) is 1.85. The lowest BCUT2D eigenvalue weighted by atomic mass is 10.0. The van der Waals surface area contributed by atoms with Gasteiger partial charge < -0.3 is 4.90 Å². The molecule has 0 aliphatic carbocycles. The second kappa shape index (κ2) is 4.08. The van der Waals surface area contributed by atoms with Crippen LogP contribution in [0.2, 0.25) is 0 Å². The lowest BCUT2D eigenvalue weighted by molar-refractivity contribution is -0.114. The molecule has 0 saturated heterocycles. The highest BCUT2D eigenvalue weighted by atomic mass is 16.2. The number of hydrogen-bond acceptors (Lipinski definition) is 2. The Morgan fingerprint density at radius 1 is 1.31 bits per heavy atom. The van der Waals surface area contributed by atoms with Gasteiger partial charge in [-0.1, -0.05) is 26.0 Å². The highest BCUT2D eigenvalue weighted by Gasteiger charge is 2.23. The smallest absolute Gasteiger partial charge is 0.241 e. The predicted octanol–water partition coefficient (Wildman–Crippen LogP) is 2.47. The summed E-state index contributed by atoms with van der Waals surface area (Å²) in [6, 6.07) is 7.62. The zero-order valence-corrected chi connectivity index (χ0v) is 9.69. The molecule has 1 aromatic rings. The zero-order valence-electron chi connectivity index (χ0n) is 9.69. The summed E-state index contributed by atoms with van der Waals surface area (Å²) in [4.78, 5) is 17.9. The van der Waals surface area contributed by atoms with E-state index in [4.69, 9.17) is 0 Å². The number of hydrogen-bond donors (Lipinski definition) is 0. The SMILES string of the molecule is CC(C)C1=Nc2ccccc2N(C)C(=O)[C]1. The van der Waals surface area contributed by atoms with Gasteiger partial charge >= 0.3 is 0 Å². The Hall–Kier alpha value is -1.64. The Morgan fingerprint density at radius 3 is 2.69 bits per heavy atom. The monoisotopic (exact) mass is 214 g/mol. The largest absolute Gasteiger partial charge is 0.313 e. The van der Waals surface area contributed by atoms with Crippen molar-refractivity contribution in [2.75, 3.05) is 11.9 Å². The van der Waals surface area contributed by atoms with Gasteiger partial charge in [0.05, 0.1) is 11.4 Å². The average Bonchev–Trinajstić information content (AvgIpc) is 2.38. The molecular weight excluding hydrogens is 200 g/mol. The van der Waals surface area contributed by atoms with E-state index >= 15 is 0 Å². The van der Waals surface area contributed by atoms with Crippen molar-refractivity contribution in [2.45, 2.75) is 13.8 Å². The normalized spacial score (nSPS) is 15.9. The molecule has 1 aliphatic heterocycles. The number of nitrogens with zero attached hydrogens (tertiary/aromatic N) is 2. The number of carbonyl (C=O) groups excluding carboxylic acids is 1. The van der Waals surface area contributed by atoms with Gasteiger partial charge in [-0.25, -0.2) is 0 Å². The molecule has 2 radical (unpaired) electrons. The van der Waals surface area contributed by atoms with E-state index in [2.05, 4.69) is 11.4 Å². The van der Waals surface area contributed by atoms with Gasteiger partial charge in [0.25, 0.3) is 0 Å². The molecule has 3 heteroatoms. The van der Waals surface area contributed by atoms with Crippen LogP contribution in [0.4, 0.5) is 11.4 Å². The summed E-state index contributed by atoms with van der Waals surface area (Å²) in [6.45, 7) is 4.01. The maximum atomic E-state index is 11.8. The maximum absolute atomic E-state index is 11.8. The number of aliphatic imine (C=N–C) groups is 1. The van der Waals surface area contributed by atoms with E-state index in [1.807, 2.05) is 38.1 Å². The Labute approximate surface area is 95.8 Å². The third-order valence-electron chi connectivity index (χ3n) is 2.57. The summed E-state index contributed by atoms with van der Waals surface area (Å²) in [7, 11) is 1.74. The summed E-state index contributed by atoms with van der Waals surface area (Å²) < 4.78 is 0. The fourth-order valence-corrected chi connectivity index (χ4v) is 1.58. The molecule has 0 atom stereocenters. The third-order valence-corrected chi connectivity index (χ3v) is 2.57. The Morgan fingerprint density at radius 2 is 2.00 bits per heavy atom. The van der Waals surface area contributed by atoms with Crippen LogP contribution in [0.5, 0.6) is 0 Å². The lowest BCUT2D eigenvalue weighted by Crippen LogP contribution is -2.28. The zero-order chi connectivity index (χ0) is 11.7. The van der Waals surface area contributed by atoms with Crippen LogP contribution in [-0.2, 0) is 4.79 Å². The topological polar surface area (TPSA) is 32.7 Å². The number of benzene rings is 1. The Kier molecular flexibility index (Phi) is 2.77. The molecule has 0 aromatic heterocycles. The van der Waals surface area contributed by atoms with E-state index in [1.54, 1.807) is 11.9 Å². The summed E-state index contributed by atoms with van der Waals surface area (Å²) in [5, 5.41) is 0. The van der Waals surface area contributed by atoms with Crippen LogP contribution in [0, 0.1) is 12.3 Å². The second-order valence-corrected chi connectivity index (χ2v) is 4.13.